The third kappa shape index (κ3) is 4.15. The number of amides is 3. The van der Waals surface area contributed by atoms with E-state index in [2.05, 4.69) is 0 Å². The van der Waals surface area contributed by atoms with Crippen molar-refractivity contribution >= 4 is 23.4 Å². The van der Waals surface area contributed by atoms with E-state index in [1.807, 2.05) is 0 Å². The molecule has 2 aliphatic heterocycles. The largest absolute Gasteiger partial charge is 0.339 e. The van der Waals surface area contributed by atoms with Gasteiger partial charge in [-0.15, -0.1) is 0 Å². The molecule has 2 aliphatic rings. The highest BCUT2D eigenvalue weighted by Crippen LogP contribution is 2.28. The summed E-state index contributed by atoms with van der Waals surface area (Å²) < 4.78 is 27.8. The van der Waals surface area contributed by atoms with Gasteiger partial charge in [0, 0.05) is 44.7 Å². The molecule has 4 rings (SSSR count). The fourth-order valence-corrected chi connectivity index (χ4v) is 4.07. The van der Waals surface area contributed by atoms with Crippen LogP contribution in [0.4, 0.5) is 14.5 Å². The minimum absolute atomic E-state index is 0.0367. The molecule has 162 valence electrons. The summed E-state index contributed by atoms with van der Waals surface area (Å²) in [4.78, 5) is 42.5. The zero-order valence-electron chi connectivity index (χ0n) is 17.2. The number of piperazine rings is 1. The maximum atomic E-state index is 14.1. The molecule has 1 unspecified atom stereocenters. The lowest BCUT2D eigenvalue weighted by atomic mass is 10.1. The highest BCUT2D eigenvalue weighted by Gasteiger charge is 2.39. The Labute approximate surface area is 179 Å². The van der Waals surface area contributed by atoms with Crippen molar-refractivity contribution in [3.05, 3.63) is 65.2 Å². The van der Waals surface area contributed by atoms with E-state index < -0.39 is 17.6 Å². The van der Waals surface area contributed by atoms with Crippen LogP contribution in [0.2, 0.25) is 0 Å². The second-order valence-corrected chi connectivity index (χ2v) is 7.94. The molecule has 3 amide bonds. The van der Waals surface area contributed by atoms with Crippen molar-refractivity contribution in [2.75, 3.05) is 37.6 Å². The summed E-state index contributed by atoms with van der Waals surface area (Å²) in [5.74, 6) is -2.18. The van der Waals surface area contributed by atoms with E-state index in [-0.39, 0.29) is 41.9 Å². The molecule has 0 aromatic heterocycles. The molecule has 31 heavy (non-hydrogen) atoms. The predicted molar refractivity (Wildman–Crippen MR) is 110 cm³/mol. The first-order valence-corrected chi connectivity index (χ1v) is 10.2. The Morgan fingerprint density at radius 1 is 0.935 bits per heavy atom. The number of rotatable bonds is 3. The van der Waals surface area contributed by atoms with Gasteiger partial charge in [0.15, 0.2) is 0 Å². The first kappa shape index (κ1) is 21.0. The zero-order chi connectivity index (χ0) is 22.1. The van der Waals surface area contributed by atoms with Gasteiger partial charge in [0.25, 0.3) is 5.91 Å². The van der Waals surface area contributed by atoms with Crippen LogP contribution in [-0.2, 0) is 9.59 Å². The number of para-hydroxylation sites is 1. The van der Waals surface area contributed by atoms with Gasteiger partial charge in [-0.3, -0.25) is 14.4 Å². The lowest BCUT2D eigenvalue weighted by Gasteiger charge is -2.36. The van der Waals surface area contributed by atoms with Crippen molar-refractivity contribution in [2.24, 2.45) is 5.92 Å². The molecule has 2 saturated heterocycles. The van der Waals surface area contributed by atoms with Crippen molar-refractivity contribution < 1.29 is 23.2 Å². The van der Waals surface area contributed by atoms with E-state index in [4.69, 9.17) is 0 Å². The topological polar surface area (TPSA) is 60.9 Å². The second kappa shape index (κ2) is 8.45. The van der Waals surface area contributed by atoms with Crippen LogP contribution in [-0.4, -0.2) is 60.2 Å². The van der Waals surface area contributed by atoms with Gasteiger partial charge < -0.3 is 14.7 Å². The van der Waals surface area contributed by atoms with Crippen LogP contribution < -0.4 is 4.90 Å². The SMILES string of the molecule is Cc1ccc(C(=O)N2CCN(C(=O)C3CC(=O)N(c4ccccc4F)C3)CC2)cc1F. The van der Waals surface area contributed by atoms with Crippen molar-refractivity contribution in [1.82, 2.24) is 9.80 Å². The van der Waals surface area contributed by atoms with E-state index >= 15 is 0 Å². The first-order chi connectivity index (χ1) is 14.8. The molecular weight excluding hydrogens is 404 g/mol. The van der Waals surface area contributed by atoms with Crippen molar-refractivity contribution in [3.63, 3.8) is 0 Å². The van der Waals surface area contributed by atoms with Crippen LogP contribution in [0.25, 0.3) is 0 Å². The average Bonchev–Trinajstić information content (AvgIpc) is 3.16. The Bertz CT molecular complexity index is 1030. The number of benzene rings is 2. The number of hydrogen-bond acceptors (Lipinski definition) is 3. The quantitative estimate of drug-likeness (QED) is 0.757. The minimum atomic E-state index is -0.541. The van der Waals surface area contributed by atoms with E-state index in [0.717, 1.165) is 0 Å². The summed E-state index contributed by atoms with van der Waals surface area (Å²) in [7, 11) is 0. The van der Waals surface area contributed by atoms with Gasteiger partial charge in [-0.05, 0) is 36.8 Å². The normalized spacial score (nSPS) is 19.1. The van der Waals surface area contributed by atoms with Crippen LogP contribution in [0.1, 0.15) is 22.3 Å². The summed E-state index contributed by atoms with van der Waals surface area (Å²) in [6, 6.07) is 10.4. The fourth-order valence-electron chi connectivity index (χ4n) is 4.07. The lowest BCUT2D eigenvalue weighted by molar-refractivity contribution is -0.137. The molecule has 0 aliphatic carbocycles. The van der Waals surface area contributed by atoms with Gasteiger partial charge >= 0.3 is 0 Å². The van der Waals surface area contributed by atoms with Crippen molar-refractivity contribution in [2.45, 2.75) is 13.3 Å². The van der Waals surface area contributed by atoms with E-state index in [1.165, 1.54) is 23.1 Å². The maximum Gasteiger partial charge on any atom is 0.254 e. The Morgan fingerprint density at radius 2 is 1.61 bits per heavy atom. The number of carbonyl (C=O) groups is 3. The number of aryl methyl sites for hydroxylation is 1. The lowest BCUT2D eigenvalue weighted by Crippen LogP contribution is -2.52. The molecule has 0 radical (unpaired) electrons. The number of hydrogen-bond donors (Lipinski definition) is 0. The summed E-state index contributed by atoms with van der Waals surface area (Å²) >= 11 is 0. The fraction of sp³-hybridized carbons (Fsp3) is 0.348. The molecule has 0 spiro atoms. The smallest absolute Gasteiger partial charge is 0.254 e. The number of carbonyl (C=O) groups excluding carboxylic acids is 3. The van der Waals surface area contributed by atoms with Gasteiger partial charge in [-0.25, -0.2) is 8.78 Å². The predicted octanol–water partition coefficient (Wildman–Crippen LogP) is 2.61. The van der Waals surface area contributed by atoms with E-state index in [1.54, 1.807) is 41.0 Å². The van der Waals surface area contributed by atoms with Crippen LogP contribution in [0, 0.1) is 24.5 Å². The van der Waals surface area contributed by atoms with Gasteiger partial charge in [0.2, 0.25) is 11.8 Å². The van der Waals surface area contributed by atoms with E-state index in [0.29, 0.717) is 31.7 Å². The number of halogens is 2. The highest BCUT2D eigenvalue weighted by atomic mass is 19.1. The van der Waals surface area contributed by atoms with Crippen LogP contribution >= 0.6 is 0 Å². The summed E-state index contributed by atoms with van der Waals surface area (Å²) in [5.41, 5.74) is 0.941. The van der Waals surface area contributed by atoms with Crippen LogP contribution in [0.3, 0.4) is 0 Å². The number of anilines is 1. The minimum Gasteiger partial charge on any atom is -0.339 e. The third-order valence-corrected chi connectivity index (χ3v) is 5.91. The standard InChI is InChI=1S/C23H23F2N3O3/c1-15-6-7-16(12-19(15)25)22(30)26-8-10-27(11-9-26)23(31)17-13-21(29)28(14-17)20-5-3-2-4-18(20)24/h2-7,12,17H,8-11,13-14H2,1H3. The van der Waals surface area contributed by atoms with Crippen LogP contribution in [0.15, 0.2) is 42.5 Å². The Morgan fingerprint density at radius 3 is 2.29 bits per heavy atom. The zero-order valence-corrected chi connectivity index (χ0v) is 17.2. The van der Waals surface area contributed by atoms with Crippen molar-refractivity contribution in [3.8, 4) is 0 Å². The Balaban J connectivity index is 1.36. The monoisotopic (exact) mass is 427 g/mol. The second-order valence-electron chi connectivity index (χ2n) is 7.94. The van der Waals surface area contributed by atoms with Gasteiger partial charge in [-0.1, -0.05) is 18.2 Å². The number of nitrogens with zero attached hydrogens (tertiary/aromatic N) is 3. The summed E-state index contributed by atoms with van der Waals surface area (Å²) in [6.45, 7) is 3.11. The first-order valence-electron chi connectivity index (χ1n) is 10.2. The molecule has 0 bridgehead atoms. The molecule has 2 aromatic rings. The van der Waals surface area contributed by atoms with Gasteiger partial charge in [0.05, 0.1) is 11.6 Å². The Hall–Kier alpha value is -3.29. The molecule has 8 heteroatoms. The molecule has 2 fully saturated rings. The third-order valence-electron chi connectivity index (χ3n) is 5.91. The van der Waals surface area contributed by atoms with Gasteiger partial charge in [-0.2, -0.15) is 0 Å². The molecule has 0 saturated carbocycles. The molecule has 6 nitrogen and oxygen atoms in total. The molecule has 1 atom stereocenters. The molecule has 0 N–H and O–H groups in total. The molecule has 2 heterocycles. The maximum absolute atomic E-state index is 14.1. The Kier molecular flexibility index (Phi) is 5.71. The van der Waals surface area contributed by atoms with Crippen LogP contribution in [0.5, 0.6) is 0 Å². The average molecular weight is 427 g/mol. The molecular formula is C23H23F2N3O3. The van der Waals surface area contributed by atoms with E-state index in [9.17, 15) is 23.2 Å². The van der Waals surface area contributed by atoms with Gasteiger partial charge in [0.1, 0.15) is 11.6 Å². The van der Waals surface area contributed by atoms with Crippen molar-refractivity contribution in [1.29, 1.82) is 0 Å². The molecule has 2 aromatic carbocycles. The summed E-state index contributed by atoms with van der Waals surface area (Å²) in [5, 5.41) is 0. The summed E-state index contributed by atoms with van der Waals surface area (Å²) in [6.07, 6.45) is 0.0367. The highest BCUT2D eigenvalue weighted by molar-refractivity contribution is 6.00.